The summed E-state index contributed by atoms with van der Waals surface area (Å²) in [6, 6.07) is 48.9. The largest absolute Gasteiger partial charge is 0.344 e. The van der Waals surface area contributed by atoms with Crippen LogP contribution in [0.15, 0.2) is 133 Å². The minimum absolute atomic E-state index is 1.14. The molecule has 1 aromatic heterocycles. The van der Waals surface area contributed by atoms with Crippen LogP contribution in [0.1, 0.15) is 22.3 Å². The minimum atomic E-state index is 1.14. The standard InChI is InChI=1S/C41H37N3/c1-28-6-14-32(15-7-28)43(33-16-8-29(2)9-17-33)36-22-24-40-38(26-36)39-27-37(23-25-41(39)42(40)5)44(34-18-10-30(3)11-19-34)35-20-12-31(4)13-21-35/h6-27H,1-5H3. The van der Waals surface area contributed by atoms with Crippen molar-refractivity contribution in [2.75, 3.05) is 9.80 Å². The van der Waals surface area contributed by atoms with E-state index in [4.69, 9.17) is 0 Å². The lowest BCUT2D eigenvalue weighted by Crippen LogP contribution is -2.10. The Labute approximate surface area is 260 Å². The molecule has 0 N–H and O–H groups in total. The van der Waals surface area contributed by atoms with Crippen LogP contribution in [0, 0.1) is 27.7 Å². The minimum Gasteiger partial charge on any atom is -0.344 e. The average molecular weight is 572 g/mol. The molecule has 0 spiro atoms. The van der Waals surface area contributed by atoms with Gasteiger partial charge in [-0.2, -0.15) is 0 Å². The highest BCUT2D eigenvalue weighted by Gasteiger charge is 2.18. The predicted molar refractivity (Wildman–Crippen MR) is 189 cm³/mol. The van der Waals surface area contributed by atoms with E-state index in [2.05, 4.69) is 183 Å². The summed E-state index contributed by atoms with van der Waals surface area (Å²) in [5.41, 5.74) is 14.3. The molecule has 0 aliphatic heterocycles. The van der Waals surface area contributed by atoms with E-state index in [1.807, 2.05) is 0 Å². The van der Waals surface area contributed by atoms with Crippen molar-refractivity contribution in [1.29, 1.82) is 0 Å². The number of hydrogen-bond donors (Lipinski definition) is 0. The SMILES string of the molecule is Cc1ccc(N(c2ccc(C)cc2)c2ccc3c(c2)c2cc(N(c4ccc(C)cc4)c4ccc(C)cc4)ccc2n3C)cc1. The molecule has 0 atom stereocenters. The highest BCUT2D eigenvalue weighted by molar-refractivity contribution is 6.11. The molecule has 3 nitrogen and oxygen atoms in total. The molecule has 0 unspecified atom stereocenters. The number of anilines is 6. The number of benzene rings is 6. The average Bonchev–Trinajstić information content (AvgIpc) is 3.31. The topological polar surface area (TPSA) is 11.4 Å². The van der Waals surface area contributed by atoms with E-state index in [-0.39, 0.29) is 0 Å². The van der Waals surface area contributed by atoms with E-state index in [1.54, 1.807) is 0 Å². The van der Waals surface area contributed by atoms with Crippen molar-refractivity contribution < 1.29 is 0 Å². The van der Waals surface area contributed by atoms with Crippen molar-refractivity contribution in [1.82, 2.24) is 4.57 Å². The van der Waals surface area contributed by atoms with Crippen molar-refractivity contribution in [3.05, 3.63) is 156 Å². The molecule has 0 aliphatic rings. The maximum absolute atomic E-state index is 2.35. The first-order valence-corrected chi connectivity index (χ1v) is 15.2. The molecule has 1 heterocycles. The Morgan fingerprint density at radius 2 is 0.591 bits per heavy atom. The Balaban J connectivity index is 1.42. The smallest absolute Gasteiger partial charge is 0.0490 e. The van der Waals surface area contributed by atoms with Crippen LogP contribution < -0.4 is 9.80 Å². The summed E-state index contributed by atoms with van der Waals surface area (Å²) >= 11 is 0. The van der Waals surface area contributed by atoms with E-state index in [0.29, 0.717) is 0 Å². The number of rotatable bonds is 6. The fourth-order valence-electron chi connectivity index (χ4n) is 6.14. The highest BCUT2D eigenvalue weighted by atomic mass is 15.1. The summed E-state index contributed by atoms with van der Waals surface area (Å²) in [7, 11) is 2.17. The molecule has 3 heteroatoms. The van der Waals surface area contributed by atoms with Crippen molar-refractivity contribution >= 4 is 55.9 Å². The molecule has 0 amide bonds. The Morgan fingerprint density at radius 3 is 0.864 bits per heavy atom. The molecule has 6 aromatic carbocycles. The lowest BCUT2D eigenvalue weighted by atomic mass is 10.1. The van der Waals surface area contributed by atoms with E-state index in [1.165, 1.54) is 44.1 Å². The molecular formula is C41H37N3. The van der Waals surface area contributed by atoms with Gasteiger partial charge in [0.1, 0.15) is 0 Å². The normalized spacial score (nSPS) is 11.3. The maximum atomic E-state index is 2.35. The van der Waals surface area contributed by atoms with E-state index < -0.39 is 0 Å². The summed E-state index contributed by atoms with van der Waals surface area (Å²) in [6.45, 7) is 8.54. The van der Waals surface area contributed by atoms with E-state index in [0.717, 1.165) is 34.1 Å². The van der Waals surface area contributed by atoms with Gasteiger partial charge in [-0.1, -0.05) is 70.8 Å². The van der Waals surface area contributed by atoms with Gasteiger partial charge in [0, 0.05) is 63.0 Å². The number of hydrogen-bond acceptors (Lipinski definition) is 2. The van der Waals surface area contributed by atoms with Crippen LogP contribution in [0.3, 0.4) is 0 Å². The first-order valence-electron chi connectivity index (χ1n) is 15.2. The van der Waals surface area contributed by atoms with Crippen LogP contribution in [0.25, 0.3) is 21.8 Å². The number of aryl methyl sites for hydroxylation is 5. The summed E-state index contributed by atoms with van der Waals surface area (Å²) in [5.74, 6) is 0. The van der Waals surface area contributed by atoms with Gasteiger partial charge in [0.2, 0.25) is 0 Å². The zero-order valence-electron chi connectivity index (χ0n) is 26.0. The number of nitrogens with zero attached hydrogens (tertiary/aromatic N) is 3. The molecule has 0 radical (unpaired) electrons. The predicted octanol–water partition coefficient (Wildman–Crippen LogP) is 11.5. The van der Waals surface area contributed by atoms with Gasteiger partial charge < -0.3 is 14.4 Å². The Hall–Kier alpha value is -5.28. The number of fused-ring (bicyclic) bond motifs is 3. The second kappa shape index (κ2) is 11.1. The molecule has 0 saturated carbocycles. The van der Waals surface area contributed by atoms with Crippen LogP contribution in [0.2, 0.25) is 0 Å². The Bertz CT molecular complexity index is 1840. The van der Waals surface area contributed by atoms with Crippen molar-refractivity contribution in [3.8, 4) is 0 Å². The molecule has 0 aliphatic carbocycles. The van der Waals surface area contributed by atoms with Crippen LogP contribution in [-0.2, 0) is 7.05 Å². The highest BCUT2D eigenvalue weighted by Crippen LogP contribution is 2.41. The van der Waals surface area contributed by atoms with Crippen LogP contribution in [0.4, 0.5) is 34.1 Å². The molecule has 7 aromatic rings. The fourth-order valence-corrected chi connectivity index (χ4v) is 6.14. The summed E-state index contributed by atoms with van der Waals surface area (Å²) in [6.07, 6.45) is 0. The summed E-state index contributed by atoms with van der Waals surface area (Å²) in [4.78, 5) is 4.71. The molecule has 0 fully saturated rings. The molecule has 216 valence electrons. The van der Waals surface area contributed by atoms with Crippen molar-refractivity contribution in [2.45, 2.75) is 27.7 Å². The molecule has 0 saturated heterocycles. The van der Waals surface area contributed by atoms with Crippen LogP contribution in [-0.4, -0.2) is 4.57 Å². The van der Waals surface area contributed by atoms with Gasteiger partial charge in [-0.05, 0) is 113 Å². The third kappa shape index (κ3) is 5.01. The maximum Gasteiger partial charge on any atom is 0.0490 e. The zero-order chi connectivity index (χ0) is 30.4. The first kappa shape index (κ1) is 27.5. The van der Waals surface area contributed by atoms with E-state index >= 15 is 0 Å². The van der Waals surface area contributed by atoms with Crippen LogP contribution >= 0.6 is 0 Å². The lowest BCUT2D eigenvalue weighted by molar-refractivity contribution is 1.01. The molecule has 0 bridgehead atoms. The van der Waals surface area contributed by atoms with Gasteiger partial charge in [-0.3, -0.25) is 0 Å². The molecule has 44 heavy (non-hydrogen) atoms. The Morgan fingerprint density at radius 1 is 0.341 bits per heavy atom. The van der Waals surface area contributed by atoms with Gasteiger partial charge in [0.25, 0.3) is 0 Å². The quantitative estimate of drug-likeness (QED) is 0.197. The lowest BCUT2D eigenvalue weighted by Gasteiger charge is -2.26. The van der Waals surface area contributed by atoms with Gasteiger partial charge in [0.05, 0.1) is 0 Å². The van der Waals surface area contributed by atoms with Crippen molar-refractivity contribution in [2.24, 2.45) is 7.05 Å². The van der Waals surface area contributed by atoms with Gasteiger partial charge in [0.15, 0.2) is 0 Å². The second-order valence-electron chi connectivity index (χ2n) is 12.0. The van der Waals surface area contributed by atoms with Gasteiger partial charge in [-0.25, -0.2) is 0 Å². The number of aromatic nitrogens is 1. The second-order valence-corrected chi connectivity index (χ2v) is 12.0. The molecular weight excluding hydrogens is 534 g/mol. The third-order valence-corrected chi connectivity index (χ3v) is 8.66. The first-order chi connectivity index (χ1) is 21.4. The van der Waals surface area contributed by atoms with Crippen LogP contribution in [0.5, 0.6) is 0 Å². The summed E-state index contributed by atoms with van der Waals surface area (Å²) < 4.78 is 2.31. The van der Waals surface area contributed by atoms with E-state index in [9.17, 15) is 0 Å². The molecule has 7 rings (SSSR count). The fraction of sp³-hybridized carbons (Fsp3) is 0.122. The van der Waals surface area contributed by atoms with Gasteiger partial charge in [-0.15, -0.1) is 0 Å². The monoisotopic (exact) mass is 571 g/mol. The van der Waals surface area contributed by atoms with Crippen molar-refractivity contribution in [3.63, 3.8) is 0 Å². The Kier molecular flexibility index (Phi) is 6.94. The van der Waals surface area contributed by atoms with Gasteiger partial charge >= 0.3 is 0 Å². The third-order valence-electron chi connectivity index (χ3n) is 8.66. The summed E-state index contributed by atoms with van der Waals surface area (Å²) in [5, 5.41) is 2.47. The zero-order valence-corrected chi connectivity index (χ0v) is 26.0.